The van der Waals surface area contributed by atoms with Crippen molar-refractivity contribution in [2.24, 2.45) is 0 Å². The van der Waals surface area contributed by atoms with E-state index in [0.717, 1.165) is 18.2 Å². The smallest absolute Gasteiger partial charge is 0.270 e. The summed E-state index contributed by atoms with van der Waals surface area (Å²) in [5.41, 5.74) is 1.88. The number of nitriles is 1. The molecule has 3 aliphatic rings. The lowest BCUT2D eigenvalue weighted by atomic mass is 9.72. The maximum absolute atomic E-state index is 14.4. The second-order valence-corrected chi connectivity index (χ2v) is 22.1. The molecule has 95 heavy (non-hydrogen) atoms. The molecule has 12 rings (SSSR count). The molecule has 3 saturated carbocycles. The molecule has 3 aliphatic carbocycles. The molecule has 3 aromatic carbocycles. The van der Waals surface area contributed by atoms with Crippen LogP contribution in [-0.2, 0) is 0 Å². The summed E-state index contributed by atoms with van der Waals surface area (Å²) in [6.45, 7) is 4.00. The molecule has 6 heterocycles. The maximum atomic E-state index is 14.4. The van der Waals surface area contributed by atoms with Gasteiger partial charge in [-0.1, -0.05) is 32.0 Å². The van der Waals surface area contributed by atoms with E-state index >= 15 is 0 Å². The van der Waals surface area contributed by atoms with Gasteiger partial charge in [-0.15, -0.1) is 0 Å². The summed E-state index contributed by atoms with van der Waals surface area (Å²) in [6, 6.07) is 20.4. The highest BCUT2D eigenvalue weighted by molar-refractivity contribution is 6.04. The molecule has 27 heteroatoms. The number of nitrogens with zero attached hydrogens (tertiary/aromatic N) is 4. The predicted molar refractivity (Wildman–Crippen MR) is 332 cm³/mol. The van der Waals surface area contributed by atoms with E-state index in [4.69, 9.17) is 4.74 Å². The van der Waals surface area contributed by atoms with Gasteiger partial charge in [0.05, 0.1) is 54.0 Å². The van der Waals surface area contributed by atoms with Gasteiger partial charge in [-0.25, -0.2) is 44.5 Å². The van der Waals surface area contributed by atoms with Crippen LogP contribution in [-0.4, -0.2) is 82.0 Å². The van der Waals surface area contributed by atoms with Crippen LogP contribution in [0.3, 0.4) is 0 Å². The van der Waals surface area contributed by atoms with Gasteiger partial charge in [0, 0.05) is 129 Å². The third-order valence-electron chi connectivity index (χ3n) is 16.1. The highest BCUT2D eigenvalue weighted by Crippen LogP contribution is 2.52. The molecule has 15 nitrogen and oxygen atoms in total. The number of carbonyl (C=O) groups is 1. The van der Waals surface area contributed by atoms with Gasteiger partial charge in [0.2, 0.25) is 35.2 Å². The molecule has 1 amide bonds. The van der Waals surface area contributed by atoms with E-state index < -0.39 is 88.7 Å². The van der Waals surface area contributed by atoms with Gasteiger partial charge < -0.3 is 34.5 Å². The monoisotopic (exact) mass is 1330 g/mol. The van der Waals surface area contributed by atoms with Crippen LogP contribution in [0, 0.1) is 46.2 Å². The Kier molecular flexibility index (Phi) is 24.4. The van der Waals surface area contributed by atoms with E-state index in [9.17, 15) is 77.1 Å². The van der Waals surface area contributed by atoms with E-state index in [1.807, 2.05) is 19.9 Å². The van der Waals surface area contributed by atoms with Crippen molar-refractivity contribution in [1.82, 2.24) is 35.2 Å². The highest BCUT2D eigenvalue weighted by Gasteiger charge is 2.45. The summed E-state index contributed by atoms with van der Waals surface area (Å²) < 4.78 is 175. The minimum absolute atomic E-state index is 0.0149. The SMILES string of the molecule is CC.CNC(=O)c1nccc2[nH]c([C@H]3CCCC(F)(F)C3)cc(=O)c12.COc1c(C2CCC(F)(F)C[C@H]2c2cc(=O)c3c(C#N)nccc3[nH]2)ccc(F)c1F.COc1cccc(F)c1F.COc1cccc(F)c1F.O=c1cc([C@H]2CCCC(F)(F)C2)[nH]c2ccncc12. The number of aromatic nitrogens is 6. The number of H-pyrrole nitrogens is 3. The summed E-state index contributed by atoms with van der Waals surface area (Å²) in [5.74, 6) is -17.4. The number of fused-ring (bicyclic) bond motifs is 3. The Morgan fingerprint density at radius 2 is 1.06 bits per heavy atom. The number of halogens is 12. The third kappa shape index (κ3) is 17.7. The molecule has 6 aromatic heterocycles. The number of amides is 1. The number of methoxy groups -OCH3 is 3. The molecule has 3 fully saturated rings. The first kappa shape index (κ1) is 72.7. The van der Waals surface area contributed by atoms with Crippen molar-refractivity contribution >= 4 is 38.6 Å². The Labute approximate surface area is 535 Å². The van der Waals surface area contributed by atoms with Crippen LogP contribution in [0.25, 0.3) is 32.7 Å². The molecular weight excluding hydrogens is 1270 g/mol. The number of pyridine rings is 6. The summed E-state index contributed by atoms with van der Waals surface area (Å²) in [7, 11) is 5.22. The van der Waals surface area contributed by atoms with Gasteiger partial charge in [-0.3, -0.25) is 29.1 Å². The summed E-state index contributed by atoms with van der Waals surface area (Å²) in [4.78, 5) is 69.7. The Bertz CT molecular complexity index is 4360. The van der Waals surface area contributed by atoms with Crippen LogP contribution in [0.15, 0.2) is 124 Å². The van der Waals surface area contributed by atoms with Gasteiger partial charge >= 0.3 is 0 Å². The normalized spacial score (nSPS) is 18.2. The number of nitrogens with one attached hydrogen (secondary N) is 4. The van der Waals surface area contributed by atoms with E-state index in [1.165, 1.54) is 102 Å². The Morgan fingerprint density at radius 1 is 0.568 bits per heavy atom. The minimum atomic E-state index is -2.99. The van der Waals surface area contributed by atoms with Gasteiger partial charge in [-0.05, 0) is 86.6 Å². The first-order valence-electron chi connectivity index (χ1n) is 30.0. The van der Waals surface area contributed by atoms with Crippen LogP contribution >= 0.6 is 0 Å². The molecule has 0 aliphatic heterocycles. The Balaban J connectivity index is 0.000000177. The van der Waals surface area contributed by atoms with Crippen molar-refractivity contribution in [1.29, 1.82) is 5.26 Å². The van der Waals surface area contributed by atoms with E-state index in [0.29, 0.717) is 59.0 Å². The van der Waals surface area contributed by atoms with Crippen LogP contribution in [0.1, 0.15) is 147 Å². The van der Waals surface area contributed by atoms with E-state index in [-0.39, 0.29) is 105 Å². The summed E-state index contributed by atoms with van der Waals surface area (Å²) in [6.07, 6.45) is 6.43. The van der Waals surface area contributed by atoms with Crippen LogP contribution < -0.4 is 35.8 Å². The molecule has 1 unspecified atom stereocenters. The fraction of sp³-hybridized carbons (Fsp3) is 0.353. The summed E-state index contributed by atoms with van der Waals surface area (Å²) >= 11 is 0. The van der Waals surface area contributed by atoms with Crippen molar-refractivity contribution in [3.05, 3.63) is 209 Å². The van der Waals surface area contributed by atoms with E-state index in [1.54, 1.807) is 18.3 Å². The fourth-order valence-corrected chi connectivity index (χ4v) is 11.6. The second kappa shape index (κ2) is 31.9. The minimum Gasteiger partial charge on any atom is -0.494 e. The van der Waals surface area contributed by atoms with Crippen molar-refractivity contribution in [3.63, 3.8) is 0 Å². The maximum Gasteiger partial charge on any atom is 0.270 e. The molecular formula is C68H66F12N8O7. The molecule has 0 radical (unpaired) electrons. The van der Waals surface area contributed by atoms with Gasteiger partial charge in [-0.2, -0.15) is 18.4 Å². The zero-order chi connectivity index (χ0) is 69.5. The topological polar surface area (TPSA) is 218 Å². The first-order chi connectivity index (χ1) is 45.2. The van der Waals surface area contributed by atoms with Crippen LogP contribution in [0.5, 0.6) is 17.2 Å². The van der Waals surface area contributed by atoms with Gasteiger partial charge in [0.25, 0.3) is 5.91 Å². The number of benzene rings is 3. The first-order valence-corrected chi connectivity index (χ1v) is 30.0. The lowest BCUT2D eigenvalue weighted by molar-refractivity contribution is -0.0467. The predicted octanol–water partition coefficient (Wildman–Crippen LogP) is 15.5. The van der Waals surface area contributed by atoms with Crippen molar-refractivity contribution < 1.29 is 71.7 Å². The highest BCUT2D eigenvalue weighted by atomic mass is 19.3. The largest absolute Gasteiger partial charge is 0.494 e. The number of hydrogen-bond acceptors (Lipinski definition) is 11. The zero-order valence-corrected chi connectivity index (χ0v) is 52.2. The zero-order valence-electron chi connectivity index (χ0n) is 52.2. The number of rotatable bonds is 8. The number of ether oxygens (including phenoxy) is 3. The Morgan fingerprint density at radius 3 is 1.60 bits per heavy atom. The van der Waals surface area contributed by atoms with Crippen molar-refractivity contribution in [3.8, 4) is 23.3 Å². The average molecular weight is 1340 g/mol. The Hall–Kier alpha value is -9.74. The molecule has 4 N–H and O–H groups in total. The fourth-order valence-electron chi connectivity index (χ4n) is 11.6. The number of hydrogen-bond donors (Lipinski definition) is 4. The molecule has 0 bridgehead atoms. The molecule has 0 spiro atoms. The molecule has 504 valence electrons. The van der Waals surface area contributed by atoms with Gasteiger partial charge in [0.15, 0.2) is 56.7 Å². The standard InChI is InChI=1S/C22H17F4N3O2.C16H17F2N3O2.C14H14F2N2O.2C7H6F2O.C2H6/c1-31-21-12(2-3-14(23)20(21)24)11-4-6-22(25,26)9-13(11)16-8-18(30)19-15(29-16)5-7-28-17(19)10-27;1-19-15(23)14-13-10(4-6-20-14)21-11(7-12(13)22)9-3-2-5-16(17,18)8-9;15-14(16)4-1-2-9(7-14)12-6-13(19)10-8-17-5-3-11(10)18-12;2*1-10-6-4-2-3-5(8)7(6)9;1-2/h2-3,5,7-8,11,13H,4,6,9H2,1H3,(H,29,30);4,6-7,9H,2-3,5,8H2,1H3,(H,19,23)(H,21,22);3,5-6,8-9H,1-2,4,7H2,(H,18,19);2*2-4H,1H3;1-2H3/t11?,13-;2*9-;;;/m100.../s1. The molecule has 0 saturated heterocycles. The second-order valence-electron chi connectivity index (χ2n) is 22.1. The van der Waals surface area contributed by atoms with Crippen molar-refractivity contribution in [2.45, 2.75) is 126 Å². The lowest BCUT2D eigenvalue weighted by Gasteiger charge is -2.37. The quantitative estimate of drug-likeness (QED) is 0.105. The van der Waals surface area contributed by atoms with E-state index in [2.05, 4.69) is 44.7 Å². The lowest BCUT2D eigenvalue weighted by Crippen LogP contribution is -2.31. The molecule has 9 aromatic rings. The molecule has 4 atom stereocenters. The number of aromatic amines is 3. The van der Waals surface area contributed by atoms with Crippen molar-refractivity contribution in [2.75, 3.05) is 28.4 Å². The van der Waals surface area contributed by atoms with Crippen LogP contribution in [0.2, 0.25) is 0 Å². The third-order valence-corrected chi connectivity index (χ3v) is 16.1. The average Bonchev–Trinajstić information content (AvgIpc) is 0.772. The summed E-state index contributed by atoms with van der Waals surface area (Å²) in [5, 5.41) is 12.4. The number of alkyl halides is 6. The number of carbonyl (C=O) groups excluding carboxylic acids is 1. The van der Waals surface area contributed by atoms with Gasteiger partial charge in [0.1, 0.15) is 11.8 Å². The van der Waals surface area contributed by atoms with Crippen LogP contribution in [0.4, 0.5) is 52.7 Å².